The van der Waals surface area contributed by atoms with Crippen LogP contribution >= 0.6 is 0 Å². The van der Waals surface area contributed by atoms with Gasteiger partial charge >= 0.3 is 5.97 Å². The standard InChI is InChI=1S/C9H9N3O2/c13-9(14)7-2-1-5-12(7)6-8-10-3-4-11-8/h1-5H,6H2,(H,10,11)(H,13,14). The Morgan fingerprint density at radius 1 is 1.64 bits per heavy atom. The van der Waals surface area contributed by atoms with E-state index in [4.69, 9.17) is 5.11 Å². The maximum absolute atomic E-state index is 10.8. The molecule has 0 unspecified atom stereocenters. The Kier molecular flexibility index (Phi) is 2.06. The van der Waals surface area contributed by atoms with Crippen LogP contribution in [0, 0.1) is 0 Å². The van der Waals surface area contributed by atoms with Crippen molar-refractivity contribution < 1.29 is 9.90 Å². The van der Waals surface area contributed by atoms with Gasteiger partial charge in [-0.05, 0) is 12.1 Å². The normalized spacial score (nSPS) is 10.3. The predicted octanol–water partition coefficient (Wildman–Crippen LogP) is 0.958. The molecule has 0 radical (unpaired) electrons. The number of carboxylic acids is 1. The fourth-order valence-electron chi connectivity index (χ4n) is 1.29. The van der Waals surface area contributed by atoms with Crippen LogP contribution in [-0.4, -0.2) is 25.6 Å². The van der Waals surface area contributed by atoms with Gasteiger partial charge in [0.2, 0.25) is 0 Å². The molecule has 14 heavy (non-hydrogen) atoms. The number of aromatic carboxylic acids is 1. The average molecular weight is 191 g/mol. The van der Waals surface area contributed by atoms with Crippen molar-refractivity contribution in [3.05, 3.63) is 42.2 Å². The van der Waals surface area contributed by atoms with Crippen LogP contribution in [0.4, 0.5) is 0 Å². The highest BCUT2D eigenvalue weighted by Gasteiger charge is 2.08. The first-order valence-electron chi connectivity index (χ1n) is 4.14. The summed E-state index contributed by atoms with van der Waals surface area (Å²) in [6.45, 7) is 0.446. The minimum Gasteiger partial charge on any atom is -0.477 e. The van der Waals surface area contributed by atoms with Crippen molar-refractivity contribution in [2.75, 3.05) is 0 Å². The largest absolute Gasteiger partial charge is 0.477 e. The fourth-order valence-corrected chi connectivity index (χ4v) is 1.29. The first kappa shape index (κ1) is 8.55. The maximum atomic E-state index is 10.8. The van der Waals surface area contributed by atoms with Crippen LogP contribution in [-0.2, 0) is 6.54 Å². The molecule has 0 aliphatic carbocycles. The van der Waals surface area contributed by atoms with Crippen molar-refractivity contribution in [3.8, 4) is 0 Å². The second-order valence-corrected chi connectivity index (χ2v) is 2.86. The molecule has 2 aromatic rings. The lowest BCUT2D eigenvalue weighted by Gasteiger charge is -2.02. The van der Waals surface area contributed by atoms with E-state index >= 15 is 0 Å². The number of H-pyrrole nitrogens is 1. The molecule has 0 aromatic carbocycles. The molecule has 0 aliphatic rings. The molecule has 5 nitrogen and oxygen atoms in total. The summed E-state index contributed by atoms with van der Waals surface area (Å²) in [5.41, 5.74) is 0.265. The van der Waals surface area contributed by atoms with E-state index in [1.807, 2.05) is 0 Å². The summed E-state index contributed by atoms with van der Waals surface area (Å²) in [4.78, 5) is 17.7. The summed E-state index contributed by atoms with van der Waals surface area (Å²) in [7, 11) is 0. The van der Waals surface area contributed by atoms with E-state index in [0.29, 0.717) is 6.54 Å². The van der Waals surface area contributed by atoms with Gasteiger partial charge in [0.15, 0.2) is 0 Å². The number of hydrogen-bond donors (Lipinski definition) is 2. The van der Waals surface area contributed by atoms with E-state index < -0.39 is 5.97 Å². The highest BCUT2D eigenvalue weighted by atomic mass is 16.4. The molecule has 0 aliphatic heterocycles. The molecule has 2 aromatic heterocycles. The first-order chi connectivity index (χ1) is 6.77. The van der Waals surface area contributed by atoms with Crippen LogP contribution in [0.2, 0.25) is 0 Å². The van der Waals surface area contributed by atoms with Gasteiger partial charge in [-0.3, -0.25) is 0 Å². The summed E-state index contributed by atoms with van der Waals surface area (Å²) in [5, 5.41) is 8.83. The third kappa shape index (κ3) is 1.52. The van der Waals surface area contributed by atoms with Gasteiger partial charge < -0.3 is 14.7 Å². The molecular formula is C9H9N3O2. The number of aromatic nitrogens is 3. The van der Waals surface area contributed by atoms with E-state index in [1.54, 1.807) is 35.3 Å². The van der Waals surface area contributed by atoms with Crippen molar-refractivity contribution in [2.24, 2.45) is 0 Å². The van der Waals surface area contributed by atoms with E-state index in [2.05, 4.69) is 9.97 Å². The second-order valence-electron chi connectivity index (χ2n) is 2.86. The third-order valence-electron chi connectivity index (χ3n) is 1.92. The number of aromatic amines is 1. The zero-order valence-electron chi connectivity index (χ0n) is 7.34. The molecule has 0 saturated heterocycles. The predicted molar refractivity (Wildman–Crippen MR) is 49.1 cm³/mol. The van der Waals surface area contributed by atoms with E-state index in [0.717, 1.165) is 5.82 Å². The lowest BCUT2D eigenvalue weighted by Crippen LogP contribution is -2.09. The molecule has 2 rings (SSSR count). The lowest BCUT2D eigenvalue weighted by atomic mass is 10.4. The maximum Gasteiger partial charge on any atom is 0.352 e. The Morgan fingerprint density at radius 2 is 2.50 bits per heavy atom. The zero-order valence-corrected chi connectivity index (χ0v) is 7.34. The first-order valence-corrected chi connectivity index (χ1v) is 4.14. The molecule has 2 heterocycles. The van der Waals surface area contributed by atoms with Crippen LogP contribution in [0.15, 0.2) is 30.7 Å². The van der Waals surface area contributed by atoms with Crippen molar-refractivity contribution in [3.63, 3.8) is 0 Å². The summed E-state index contributed by atoms with van der Waals surface area (Å²) in [6.07, 6.45) is 5.06. The molecule has 0 spiro atoms. The SMILES string of the molecule is O=C(O)c1cccn1Cc1ncc[nH]1. The summed E-state index contributed by atoms with van der Waals surface area (Å²) in [6, 6.07) is 3.26. The van der Waals surface area contributed by atoms with Gasteiger partial charge in [-0.2, -0.15) is 0 Å². The topological polar surface area (TPSA) is 70.9 Å². The van der Waals surface area contributed by atoms with Gasteiger partial charge in [0.25, 0.3) is 0 Å². The molecule has 0 saturated carbocycles. The Morgan fingerprint density at radius 3 is 3.14 bits per heavy atom. The van der Waals surface area contributed by atoms with Crippen LogP contribution in [0.1, 0.15) is 16.3 Å². The van der Waals surface area contributed by atoms with E-state index in [9.17, 15) is 4.79 Å². The average Bonchev–Trinajstić information content (AvgIpc) is 2.75. The van der Waals surface area contributed by atoms with Gasteiger partial charge in [-0.15, -0.1) is 0 Å². The van der Waals surface area contributed by atoms with Gasteiger partial charge in [-0.25, -0.2) is 9.78 Å². The highest BCUT2D eigenvalue weighted by molar-refractivity contribution is 5.85. The third-order valence-corrected chi connectivity index (χ3v) is 1.92. The molecule has 72 valence electrons. The summed E-state index contributed by atoms with van der Waals surface area (Å²) in [5.74, 6) is -0.190. The van der Waals surface area contributed by atoms with Crippen LogP contribution in [0.25, 0.3) is 0 Å². The minimum absolute atomic E-state index is 0.265. The zero-order chi connectivity index (χ0) is 9.97. The van der Waals surface area contributed by atoms with Crippen molar-refractivity contribution in [1.29, 1.82) is 0 Å². The number of nitrogens with one attached hydrogen (secondary N) is 1. The number of carboxylic acid groups (broad SMARTS) is 1. The van der Waals surface area contributed by atoms with Crippen LogP contribution in [0.5, 0.6) is 0 Å². The molecular weight excluding hydrogens is 182 g/mol. The van der Waals surface area contributed by atoms with Gasteiger partial charge in [0, 0.05) is 18.6 Å². The van der Waals surface area contributed by atoms with Gasteiger partial charge in [0.1, 0.15) is 11.5 Å². The number of carbonyl (C=O) groups is 1. The molecule has 0 atom stereocenters. The number of hydrogen-bond acceptors (Lipinski definition) is 2. The quantitative estimate of drug-likeness (QED) is 0.759. The fraction of sp³-hybridized carbons (Fsp3) is 0.111. The van der Waals surface area contributed by atoms with Gasteiger partial charge in [0.05, 0.1) is 6.54 Å². The number of nitrogens with zero attached hydrogens (tertiary/aromatic N) is 2. The smallest absolute Gasteiger partial charge is 0.352 e. The molecule has 5 heteroatoms. The Balaban J connectivity index is 2.25. The minimum atomic E-state index is -0.929. The highest BCUT2D eigenvalue weighted by Crippen LogP contribution is 2.04. The molecule has 2 N–H and O–H groups in total. The van der Waals surface area contributed by atoms with E-state index in [1.165, 1.54) is 0 Å². The Bertz CT molecular complexity index is 431. The van der Waals surface area contributed by atoms with Gasteiger partial charge in [-0.1, -0.05) is 0 Å². The number of rotatable bonds is 3. The molecule has 0 amide bonds. The van der Waals surface area contributed by atoms with Crippen molar-refractivity contribution in [2.45, 2.75) is 6.54 Å². The van der Waals surface area contributed by atoms with Crippen LogP contribution < -0.4 is 0 Å². The summed E-state index contributed by atoms with van der Waals surface area (Å²) >= 11 is 0. The number of imidazole rings is 1. The van der Waals surface area contributed by atoms with Crippen molar-refractivity contribution >= 4 is 5.97 Å². The van der Waals surface area contributed by atoms with E-state index in [-0.39, 0.29) is 5.69 Å². The second kappa shape index (κ2) is 3.37. The summed E-state index contributed by atoms with van der Waals surface area (Å²) < 4.78 is 1.63. The van der Waals surface area contributed by atoms with Crippen LogP contribution in [0.3, 0.4) is 0 Å². The Labute approximate surface area is 80.0 Å². The Hall–Kier alpha value is -2.04. The molecule has 0 bridgehead atoms. The molecule has 0 fully saturated rings. The lowest BCUT2D eigenvalue weighted by molar-refractivity contribution is 0.0685. The van der Waals surface area contributed by atoms with Crippen molar-refractivity contribution in [1.82, 2.24) is 14.5 Å². The monoisotopic (exact) mass is 191 g/mol.